The topological polar surface area (TPSA) is 349 Å². The van der Waals surface area contributed by atoms with Crippen LogP contribution in [0.15, 0.2) is 35.8 Å². The second kappa shape index (κ2) is 41.1. The van der Waals surface area contributed by atoms with Crippen LogP contribution in [0.25, 0.3) is 0 Å². The van der Waals surface area contributed by atoms with Gasteiger partial charge in [0, 0.05) is 164 Å². The van der Waals surface area contributed by atoms with Gasteiger partial charge in [0.1, 0.15) is 40.7 Å². The number of hydrogen-bond donors (Lipinski definition) is 2. The number of allylic oxidation sites excluding steroid dienone is 1. The van der Waals surface area contributed by atoms with Gasteiger partial charge < -0.3 is 52.7 Å². The van der Waals surface area contributed by atoms with Crippen LogP contribution < -0.4 is 32.5 Å². The molecule has 4 spiro atoms. The molecular formula is C117H186N12O17. The van der Waals surface area contributed by atoms with E-state index in [0.717, 1.165) is 220 Å². The van der Waals surface area contributed by atoms with Crippen LogP contribution in [0.4, 0.5) is 0 Å². The molecule has 0 aromatic carbocycles. The molecule has 0 radical (unpaired) electrons. The number of aliphatic hydroxyl groups excluding tert-OH is 1. The summed E-state index contributed by atoms with van der Waals surface area (Å²) in [6.45, 7) is 56.7. The highest BCUT2D eigenvalue weighted by Crippen LogP contribution is 2.68. The number of methoxy groups -OCH3 is 1. The number of ether oxygens (including phenoxy) is 9. The Bertz CT molecular complexity index is 6140. The van der Waals surface area contributed by atoms with Gasteiger partial charge in [0.25, 0.3) is 27.8 Å². The van der Waals surface area contributed by atoms with Gasteiger partial charge in [0.2, 0.25) is 5.88 Å². The number of Topliss-reactive ketones (excluding diaryl/α,β-unsaturated/α-hetero) is 2. The number of carbonyl (C=O) groups excluding carboxylic acids is 2. The Morgan fingerprint density at radius 2 is 0.582 bits per heavy atom. The van der Waals surface area contributed by atoms with Crippen LogP contribution in [0.1, 0.15) is 388 Å². The fraction of sp³-hybridized carbons (Fsp3) is 0.761. The molecule has 146 heavy (non-hydrogen) atoms. The van der Waals surface area contributed by atoms with E-state index in [4.69, 9.17) is 72.5 Å². The monoisotopic (exact) mass is 2030 g/mol. The lowest BCUT2D eigenvalue weighted by atomic mass is 9.49. The molecule has 4 saturated heterocycles. The molecule has 12 aliphatic carbocycles. The largest absolute Gasteiger partial charge is 0.515 e. The summed E-state index contributed by atoms with van der Waals surface area (Å²) in [6.07, 6.45) is 20.7. The van der Waals surface area contributed by atoms with E-state index in [1.165, 1.54) is 11.3 Å². The van der Waals surface area contributed by atoms with Gasteiger partial charge in [0.15, 0.2) is 28.9 Å². The molecule has 4 aliphatic heterocycles. The first-order chi connectivity index (χ1) is 64.9. The molecular weight excluding hydrogens is 1850 g/mol. The minimum absolute atomic E-state index is 0. The van der Waals surface area contributed by atoms with Crippen molar-refractivity contribution < 1.29 is 57.3 Å². The fourth-order valence-electron chi connectivity index (χ4n) is 31.8. The van der Waals surface area contributed by atoms with Crippen molar-refractivity contribution in [3.63, 3.8) is 0 Å². The van der Waals surface area contributed by atoms with Crippen molar-refractivity contribution >= 4 is 11.6 Å². The van der Waals surface area contributed by atoms with Crippen LogP contribution in [0, 0.1) is 110 Å². The quantitative estimate of drug-likeness (QED) is 0.114. The Hall–Kier alpha value is -8.16. The van der Waals surface area contributed by atoms with Gasteiger partial charge in [0.05, 0.1) is 100 Å². The maximum atomic E-state index is 12.7. The van der Waals surface area contributed by atoms with Crippen molar-refractivity contribution in [3.8, 4) is 5.88 Å². The number of nitrogens with one attached hydrogen (secondary N) is 1. The number of nitrogens with zero attached hydrogens (tertiary/aromatic N) is 11. The summed E-state index contributed by atoms with van der Waals surface area (Å²) in [4.78, 5) is 124. The zero-order valence-corrected chi connectivity index (χ0v) is 88.9. The molecule has 6 aromatic heterocycles. The molecule has 29 heteroatoms. The lowest BCUT2D eigenvalue weighted by Crippen LogP contribution is -2.61. The average Bonchev–Trinajstić information content (AvgIpc) is 1.26. The third-order valence-corrected chi connectivity index (χ3v) is 40.0. The predicted octanol–water partition coefficient (Wildman–Crippen LogP) is 19.7. The third-order valence-electron chi connectivity index (χ3n) is 40.0. The Labute approximate surface area is 871 Å². The van der Waals surface area contributed by atoms with Gasteiger partial charge in [-0.05, 0) is 193 Å². The highest BCUT2D eigenvalue weighted by atomic mass is 16.8. The molecule has 10 fully saturated rings. The van der Waals surface area contributed by atoms with Crippen molar-refractivity contribution in [2.24, 2.45) is 96.2 Å². The number of carbonyl (C=O) groups is 2. The van der Waals surface area contributed by atoms with E-state index in [-0.39, 0.29) is 152 Å². The Morgan fingerprint density at radius 3 is 0.884 bits per heavy atom. The molecule has 10 heterocycles. The van der Waals surface area contributed by atoms with E-state index in [0.29, 0.717) is 119 Å². The molecule has 6 aromatic rings. The maximum Gasteiger partial charge on any atom is 0.256 e. The standard InChI is InChI=1S/3C19H28N2O3.C18H26N2O3.C18H24N2O3.C17H24N2O2.7CH4/c1-12-20-15-13(16(21-12)22-5)6-7-14-17(2,3)19(23-10-11-24-19)9-8-18(14,15)4;2*1-12-20-15-13(16(22)21(12)5)6-7-14-17(2,3)19(23-10-11-24-19)9-8-18(14,15)4;1-11-19-14-12(15(21)20-11)5-6-13-16(2,3)18(22-9-10-23-18)8-7-17(13,14)4;1-10-19-14-12(16(23)20(10)5)6-7-13-17(2,3)15(22)11(9-21)8-18(13,14)4;1-10-18-14-11(15(21)19(10)5)6-7-12-16(2,3)13(20)8-9-17(12,14)4;;;;;;;/h3*14H,6-11H2,1-5H3;13H,5-10H2,1-4H3,(H,19,20,21);9,13,21H,6-8H2,1-5H3;12H,6-9H2,1-5H3;7*1H4/b;;;;11-9-;;;;;;;;/t3*14-,18-;13-,17-;13-,18-;12-,17-;;;;;;;/m000000......./s1. The lowest BCUT2D eigenvalue weighted by molar-refractivity contribution is -0.276. The minimum Gasteiger partial charge on any atom is -0.515 e. The molecule has 2 N–H and O–H groups in total. The number of aliphatic hydroxyl groups is 1. The highest BCUT2D eigenvalue weighted by Gasteiger charge is 2.70. The summed E-state index contributed by atoms with van der Waals surface area (Å²) in [5, 5.41) is 9.53. The molecule has 29 nitrogen and oxygen atoms in total. The van der Waals surface area contributed by atoms with Crippen LogP contribution in [0.5, 0.6) is 5.88 Å². The zero-order chi connectivity index (χ0) is 101. The zero-order valence-electron chi connectivity index (χ0n) is 88.9. The first-order valence-electron chi connectivity index (χ1n) is 51.8. The van der Waals surface area contributed by atoms with Crippen molar-refractivity contribution in [1.29, 1.82) is 0 Å². The van der Waals surface area contributed by atoms with Crippen LogP contribution in [-0.2, 0) is 147 Å². The number of fused-ring (bicyclic) bond motifs is 18. The number of aromatic amines is 1. The van der Waals surface area contributed by atoms with E-state index in [2.05, 4.69) is 121 Å². The van der Waals surface area contributed by atoms with Crippen LogP contribution in [0.3, 0.4) is 0 Å². The number of hydrogen-bond acceptors (Lipinski definition) is 24. The Kier molecular flexibility index (Phi) is 33.7. The Morgan fingerprint density at radius 1 is 0.322 bits per heavy atom. The number of rotatable bonds is 1. The van der Waals surface area contributed by atoms with Crippen molar-refractivity contribution in [2.75, 3.05) is 60.0 Å². The van der Waals surface area contributed by atoms with E-state index in [1.807, 2.05) is 69.5 Å². The van der Waals surface area contributed by atoms with Crippen molar-refractivity contribution in [3.05, 3.63) is 166 Å². The summed E-state index contributed by atoms with van der Waals surface area (Å²) < 4.78 is 61.3. The molecule has 0 bridgehead atoms. The molecule has 12 atom stereocenters. The van der Waals surface area contributed by atoms with E-state index in [9.17, 15) is 38.7 Å². The first-order valence-corrected chi connectivity index (χ1v) is 51.8. The van der Waals surface area contributed by atoms with Crippen molar-refractivity contribution in [1.82, 2.24) is 58.1 Å². The maximum absolute atomic E-state index is 12.7. The fourth-order valence-corrected chi connectivity index (χ4v) is 31.8. The summed E-state index contributed by atoms with van der Waals surface area (Å²) in [6, 6.07) is 0. The van der Waals surface area contributed by atoms with Gasteiger partial charge in [-0.3, -0.25) is 51.8 Å². The molecule has 0 amide bonds. The average molecular weight is 2030 g/mol. The smallest absolute Gasteiger partial charge is 0.256 e. The number of ketones is 2. The SMILES string of the molecule is C.C.C.C.C.C.C.COc1nc(C)nc2c1CC[C@H]1C(C)(C)C3(CC[C@]21C)OCCO3.Cc1nc2c(c(=O)[nH]1)CC[C@H]1C(C)(C)C3(CC[C@]21C)OCCO3.Cc1nc2c(c(=O)n1C)CC[C@H]1C(C)(C)C(=O)/C(=C\O)C[C@]21C.Cc1nc2c(c(=O)n1C)CC[C@H]1C(C)(C)C(=O)CC[C@]21C.Cc1nc2c(c(=O)n1C)CC[C@H]1C(C)(C)C3(CC[C@]21C)OCCO3.Cc1nc2c(c(=O)n1C)CC[C@H]1C(C)(C)C3(CC[C@]21C)OCCO3. The normalized spacial score (nSPS) is 31.1. The summed E-state index contributed by atoms with van der Waals surface area (Å²) in [5.41, 5.74) is 10.3. The minimum atomic E-state index is -0.573. The second-order valence-electron chi connectivity index (χ2n) is 48.8. The van der Waals surface area contributed by atoms with E-state index >= 15 is 0 Å². The molecule has 22 rings (SSSR count). The van der Waals surface area contributed by atoms with Gasteiger partial charge >= 0.3 is 0 Å². The lowest BCUT2D eigenvalue weighted by Gasteiger charge is -2.59. The van der Waals surface area contributed by atoms with Crippen molar-refractivity contribution in [2.45, 2.75) is 421 Å². The molecule has 16 aliphatic rings. The van der Waals surface area contributed by atoms with Gasteiger partial charge in [-0.1, -0.05) is 177 Å². The van der Waals surface area contributed by atoms with Crippen LogP contribution in [-0.4, -0.2) is 158 Å². The molecule has 0 unspecified atom stereocenters. The highest BCUT2D eigenvalue weighted by molar-refractivity contribution is 6.01. The van der Waals surface area contributed by atoms with Gasteiger partial charge in [-0.15, -0.1) is 0 Å². The molecule has 816 valence electrons. The van der Waals surface area contributed by atoms with Crippen LogP contribution >= 0.6 is 0 Å². The summed E-state index contributed by atoms with van der Waals surface area (Å²) in [5.74, 6) is 5.84. The van der Waals surface area contributed by atoms with E-state index < -0.39 is 34.0 Å². The number of aryl methyl sites for hydroxylation is 6. The first kappa shape index (κ1) is 120. The molecule has 6 saturated carbocycles. The number of aromatic nitrogens is 12. The Balaban J connectivity index is 0.000000178. The predicted molar refractivity (Wildman–Crippen MR) is 575 cm³/mol. The summed E-state index contributed by atoms with van der Waals surface area (Å²) >= 11 is 0. The van der Waals surface area contributed by atoms with Gasteiger partial charge in [-0.2, -0.15) is 4.98 Å². The van der Waals surface area contributed by atoms with Gasteiger partial charge in [-0.25, -0.2) is 29.9 Å². The van der Waals surface area contributed by atoms with E-state index in [1.54, 1.807) is 39.5 Å². The third kappa shape index (κ3) is 17.8. The summed E-state index contributed by atoms with van der Waals surface area (Å²) in [7, 11) is 8.87. The number of H-pyrrole nitrogens is 1. The van der Waals surface area contributed by atoms with Crippen LogP contribution in [0.2, 0.25) is 0 Å². The second-order valence-corrected chi connectivity index (χ2v) is 48.8.